The average Bonchev–Trinajstić information content (AvgIpc) is 2.89. The number of rotatable bonds is 2. The third-order valence-electron chi connectivity index (χ3n) is 5.82. The SMILES string of the molecule is O=C1CN(C(=O)CN2C(=O)NC3(CCCCCCC3)C2=O)c2ccccc2N1. The topological polar surface area (TPSA) is 98.8 Å². The quantitative estimate of drug-likeness (QED) is 0.762. The predicted molar refractivity (Wildman–Crippen MR) is 103 cm³/mol. The predicted octanol–water partition coefficient (Wildman–Crippen LogP) is 2.01. The van der Waals surface area contributed by atoms with E-state index in [1.165, 1.54) is 4.90 Å². The number of amides is 5. The number of nitrogens with one attached hydrogen (secondary N) is 2. The van der Waals surface area contributed by atoms with Crippen molar-refractivity contribution in [1.29, 1.82) is 0 Å². The summed E-state index contributed by atoms with van der Waals surface area (Å²) in [4.78, 5) is 52.8. The Bertz CT molecular complexity index is 829. The highest BCUT2D eigenvalue weighted by Crippen LogP contribution is 2.33. The van der Waals surface area contributed by atoms with Crippen LogP contribution in [0.25, 0.3) is 0 Å². The number of imide groups is 1. The van der Waals surface area contributed by atoms with Crippen LogP contribution in [0.3, 0.4) is 0 Å². The van der Waals surface area contributed by atoms with Gasteiger partial charge >= 0.3 is 6.03 Å². The monoisotopic (exact) mass is 384 g/mol. The molecule has 148 valence electrons. The molecular formula is C20H24N4O4. The first-order chi connectivity index (χ1) is 13.5. The molecule has 1 aromatic rings. The van der Waals surface area contributed by atoms with E-state index in [0.29, 0.717) is 24.2 Å². The summed E-state index contributed by atoms with van der Waals surface area (Å²) in [5.41, 5.74) is 0.232. The van der Waals surface area contributed by atoms with Crippen molar-refractivity contribution in [3.8, 4) is 0 Å². The van der Waals surface area contributed by atoms with Crippen molar-refractivity contribution >= 4 is 35.1 Å². The Balaban J connectivity index is 1.53. The Morgan fingerprint density at radius 3 is 2.43 bits per heavy atom. The van der Waals surface area contributed by atoms with Gasteiger partial charge in [-0.2, -0.15) is 0 Å². The number of carbonyl (C=O) groups excluding carboxylic acids is 4. The molecule has 5 amide bonds. The van der Waals surface area contributed by atoms with E-state index < -0.39 is 17.5 Å². The first kappa shape index (κ1) is 18.5. The van der Waals surface area contributed by atoms with Crippen LogP contribution in [0.1, 0.15) is 44.9 Å². The fourth-order valence-corrected chi connectivity index (χ4v) is 4.34. The van der Waals surface area contributed by atoms with Crippen molar-refractivity contribution in [2.45, 2.75) is 50.5 Å². The largest absolute Gasteiger partial charge is 0.325 e. The van der Waals surface area contributed by atoms with Gasteiger partial charge in [-0.15, -0.1) is 0 Å². The number of nitrogens with zero attached hydrogens (tertiary/aromatic N) is 2. The lowest BCUT2D eigenvalue weighted by Gasteiger charge is -2.31. The van der Waals surface area contributed by atoms with Gasteiger partial charge in [0.05, 0.1) is 11.4 Å². The Labute approximate surface area is 163 Å². The van der Waals surface area contributed by atoms with E-state index in [-0.39, 0.29) is 24.9 Å². The molecule has 4 rings (SSSR count). The van der Waals surface area contributed by atoms with E-state index in [2.05, 4.69) is 10.6 Å². The minimum Gasteiger partial charge on any atom is -0.323 e. The van der Waals surface area contributed by atoms with Crippen LogP contribution >= 0.6 is 0 Å². The zero-order valence-electron chi connectivity index (χ0n) is 15.7. The highest BCUT2D eigenvalue weighted by Gasteiger charge is 2.51. The standard InChI is InChI=1S/C20H24N4O4/c25-16-12-23(15-9-5-4-8-14(15)21-16)17(26)13-24-18(27)20(22-19(24)28)10-6-2-1-3-7-11-20/h4-5,8-9H,1-3,6-7,10-13H2,(H,21,25)(H,22,28). The normalized spacial score (nSPS) is 21.6. The molecule has 2 heterocycles. The van der Waals surface area contributed by atoms with Gasteiger partial charge in [0.1, 0.15) is 18.6 Å². The molecule has 8 nitrogen and oxygen atoms in total. The summed E-state index contributed by atoms with van der Waals surface area (Å²) in [7, 11) is 0. The van der Waals surface area contributed by atoms with Crippen molar-refractivity contribution in [2.24, 2.45) is 0 Å². The van der Waals surface area contributed by atoms with Crippen LogP contribution in [0.2, 0.25) is 0 Å². The van der Waals surface area contributed by atoms with Crippen LogP contribution in [0.4, 0.5) is 16.2 Å². The molecule has 2 aliphatic heterocycles. The van der Waals surface area contributed by atoms with Crippen molar-refractivity contribution in [1.82, 2.24) is 10.2 Å². The number of para-hydroxylation sites is 2. The van der Waals surface area contributed by atoms with Crippen LogP contribution in [-0.4, -0.2) is 47.3 Å². The maximum Gasteiger partial charge on any atom is 0.325 e. The molecule has 8 heteroatoms. The molecule has 0 radical (unpaired) electrons. The lowest BCUT2D eigenvalue weighted by Crippen LogP contribution is -2.49. The van der Waals surface area contributed by atoms with Crippen LogP contribution < -0.4 is 15.5 Å². The highest BCUT2D eigenvalue weighted by molar-refractivity contribution is 6.14. The van der Waals surface area contributed by atoms with Gasteiger partial charge in [-0.3, -0.25) is 24.2 Å². The lowest BCUT2D eigenvalue weighted by atomic mass is 9.84. The summed E-state index contributed by atoms with van der Waals surface area (Å²) in [6, 6.07) is 6.46. The molecule has 3 aliphatic rings. The number of carbonyl (C=O) groups is 4. The number of fused-ring (bicyclic) bond motifs is 1. The highest BCUT2D eigenvalue weighted by atomic mass is 16.2. The second-order valence-corrected chi connectivity index (χ2v) is 7.72. The minimum atomic E-state index is -0.880. The third-order valence-corrected chi connectivity index (χ3v) is 5.82. The second-order valence-electron chi connectivity index (χ2n) is 7.72. The van der Waals surface area contributed by atoms with Crippen molar-refractivity contribution < 1.29 is 19.2 Å². The summed E-state index contributed by atoms with van der Waals surface area (Å²) in [6.45, 7) is -0.501. The van der Waals surface area contributed by atoms with Gasteiger partial charge in [0.25, 0.3) is 5.91 Å². The van der Waals surface area contributed by atoms with Crippen LogP contribution in [-0.2, 0) is 14.4 Å². The van der Waals surface area contributed by atoms with Crippen molar-refractivity contribution in [3.63, 3.8) is 0 Å². The minimum absolute atomic E-state index is 0.134. The molecule has 1 aliphatic carbocycles. The van der Waals surface area contributed by atoms with Crippen LogP contribution in [0, 0.1) is 0 Å². The molecule has 0 atom stereocenters. The van der Waals surface area contributed by atoms with Gasteiger partial charge in [-0.05, 0) is 25.0 Å². The summed E-state index contributed by atoms with van der Waals surface area (Å²) >= 11 is 0. The van der Waals surface area contributed by atoms with E-state index in [1.54, 1.807) is 24.3 Å². The fourth-order valence-electron chi connectivity index (χ4n) is 4.34. The third kappa shape index (κ3) is 3.23. The first-order valence-corrected chi connectivity index (χ1v) is 9.83. The number of benzene rings is 1. The van der Waals surface area contributed by atoms with Crippen molar-refractivity contribution in [2.75, 3.05) is 23.3 Å². The molecule has 28 heavy (non-hydrogen) atoms. The summed E-state index contributed by atoms with van der Waals surface area (Å²) < 4.78 is 0. The van der Waals surface area contributed by atoms with E-state index in [4.69, 9.17) is 0 Å². The zero-order valence-corrected chi connectivity index (χ0v) is 15.7. The van der Waals surface area contributed by atoms with E-state index in [0.717, 1.165) is 37.0 Å². The molecule has 1 spiro atoms. The van der Waals surface area contributed by atoms with Crippen LogP contribution in [0.5, 0.6) is 0 Å². The Morgan fingerprint density at radius 2 is 1.68 bits per heavy atom. The van der Waals surface area contributed by atoms with E-state index in [9.17, 15) is 19.2 Å². The van der Waals surface area contributed by atoms with E-state index >= 15 is 0 Å². The van der Waals surface area contributed by atoms with Gasteiger partial charge in [-0.1, -0.05) is 44.2 Å². The lowest BCUT2D eigenvalue weighted by molar-refractivity contribution is -0.135. The first-order valence-electron chi connectivity index (χ1n) is 9.83. The molecule has 0 unspecified atom stereocenters. The van der Waals surface area contributed by atoms with Crippen molar-refractivity contribution in [3.05, 3.63) is 24.3 Å². The van der Waals surface area contributed by atoms with Gasteiger partial charge in [0.15, 0.2) is 0 Å². The molecule has 2 fully saturated rings. The Kier molecular flexibility index (Phi) is 4.78. The van der Waals surface area contributed by atoms with Gasteiger partial charge < -0.3 is 10.6 Å². The number of anilines is 2. The molecule has 1 aromatic carbocycles. The van der Waals surface area contributed by atoms with E-state index in [1.807, 2.05) is 0 Å². The Morgan fingerprint density at radius 1 is 1.00 bits per heavy atom. The molecule has 1 saturated carbocycles. The molecule has 0 bridgehead atoms. The summed E-state index contributed by atoms with van der Waals surface area (Å²) in [5.74, 6) is -1.07. The van der Waals surface area contributed by atoms with Gasteiger partial charge in [-0.25, -0.2) is 4.79 Å². The zero-order chi connectivity index (χ0) is 19.7. The number of urea groups is 1. The average molecular weight is 384 g/mol. The number of hydrogen-bond donors (Lipinski definition) is 2. The Hall–Kier alpha value is -2.90. The van der Waals surface area contributed by atoms with Gasteiger partial charge in [0.2, 0.25) is 11.8 Å². The molecule has 2 N–H and O–H groups in total. The molecular weight excluding hydrogens is 360 g/mol. The maximum atomic E-state index is 13.1. The molecule has 0 aromatic heterocycles. The van der Waals surface area contributed by atoms with Crippen LogP contribution in [0.15, 0.2) is 24.3 Å². The maximum absolute atomic E-state index is 13.1. The molecule has 1 saturated heterocycles. The summed E-state index contributed by atoms with van der Waals surface area (Å²) in [5, 5.41) is 5.58. The summed E-state index contributed by atoms with van der Waals surface area (Å²) in [6.07, 6.45) is 6.22. The smallest absolute Gasteiger partial charge is 0.323 e. The van der Waals surface area contributed by atoms with Gasteiger partial charge in [0, 0.05) is 0 Å². The number of hydrogen-bond acceptors (Lipinski definition) is 4. The second kappa shape index (κ2) is 7.26. The fraction of sp³-hybridized carbons (Fsp3) is 0.500.